The first kappa shape index (κ1) is 10.9. The van der Waals surface area contributed by atoms with Gasteiger partial charge in [-0.3, -0.25) is 0 Å². The topological polar surface area (TPSA) is 57.4 Å². The molecule has 2 rings (SSSR count). The van der Waals surface area contributed by atoms with Gasteiger partial charge < -0.3 is 14.0 Å². The zero-order valence-corrected chi connectivity index (χ0v) is 9.24. The number of aromatic nitrogens is 2. The van der Waals surface area contributed by atoms with E-state index in [1.54, 1.807) is 0 Å². The number of hydrogen-bond donors (Lipinski definition) is 0. The molecular weight excluding hydrogens is 220 g/mol. The van der Waals surface area contributed by atoms with E-state index in [0.29, 0.717) is 31.5 Å². The molecule has 0 bridgehead atoms. The molecule has 1 aromatic heterocycles. The average Bonchev–Trinajstić information content (AvgIpc) is 2.78. The van der Waals surface area contributed by atoms with Crippen molar-refractivity contribution < 1.29 is 14.0 Å². The van der Waals surface area contributed by atoms with Crippen molar-refractivity contribution in [2.45, 2.75) is 24.8 Å². The van der Waals surface area contributed by atoms with Crippen molar-refractivity contribution in [3.63, 3.8) is 0 Å². The van der Waals surface area contributed by atoms with E-state index in [0.717, 1.165) is 6.42 Å². The van der Waals surface area contributed by atoms with Gasteiger partial charge in [-0.25, -0.2) is 0 Å². The molecule has 0 aliphatic carbocycles. The lowest BCUT2D eigenvalue weighted by atomic mass is 10.3. The highest BCUT2D eigenvalue weighted by Crippen LogP contribution is 2.24. The minimum Gasteiger partial charge on any atom is -0.376 e. The summed E-state index contributed by atoms with van der Waals surface area (Å²) >= 11 is 5.99. The first-order valence-electron chi connectivity index (χ1n) is 4.98. The van der Waals surface area contributed by atoms with Crippen LogP contribution in [0.25, 0.3) is 0 Å². The van der Waals surface area contributed by atoms with Crippen molar-refractivity contribution in [1.29, 1.82) is 0 Å². The van der Waals surface area contributed by atoms with Gasteiger partial charge in [0.15, 0.2) is 11.9 Å². The Balaban J connectivity index is 2.05. The number of nitrogens with zero attached hydrogens (tertiary/aromatic N) is 2. The third-order valence-electron chi connectivity index (χ3n) is 2.19. The predicted molar refractivity (Wildman–Crippen MR) is 52.7 cm³/mol. The fourth-order valence-electron chi connectivity index (χ4n) is 1.32. The van der Waals surface area contributed by atoms with E-state index in [1.165, 1.54) is 0 Å². The summed E-state index contributed by atoms with van der Waals surface area (Å²) in [6.45, 7) is 3.60. The lowest BCUT2D eigenvalue weighted by Gasteiger charge is -2.19. The summed E-state index contributed by atoms with van der Waals surface area (Å²) in [7, 11) is 0. The van der Waals surface area contributed by atoms with E-state index in [1.807, 2.05) is 6.92 Å². The van der Waals surface area contributed by atoms with Crippen molar-refractivity contribution >= 4 is 11.6 Å². The first-order chi connectivity index (χ1) is 7.31. The van der Waals surface area contributed by atoms with Gasteiger partial charge in [-0.15, -0.1) is 11.6 Å². The SMILES string of the molecule is CCC(Cl)c1noc(C2COCCO2)n1. The Morgan fingerprint density at radius 1 is 1.53 bits per heavy atom. The zero-order chi connectivity index (χ0) is 10.7. The van der Waals surface area contributed by atoms with E-state index < -0.39 is 0 Å². The van der Waals surface area contributed by atoms with Crippen LogP contribution in [0.2, 0.25) is 0 Å². The normalized spacial score (nSPS) is 24.0. The van der Waals surface area contributed by atoms with Crippen LogP contribution in [0.4, 0.5) is 0 Å². The molecule has 15 heavy (non-hydrogen) atoms. The van der Waals surface area contributed by atoms with Crippen molar-refractivity contribution in [3.05, 3.63) is 11.7 Å². The maximum absolute atomic E-state index is 5.99. The molecule has 6 heteroatoms. The summed E-state index contributed by atoms with van der Waals surface area (Å²) in [5.41, 5.74) is 0. The molecule has 1 saturated heterocycles. The van der Waals surface area contributed by atoms with Crippen LogP contribution in [-0.4, -0.2) is 30.0 Å². The molecule has 84 valence electrons. The third kappa shape index (κ3) is 2.48. The van der Waals surface area contributed by atoms with Gasteiger partial charge in [0.1, 0.15) is 0 Å². The summed E-state index contributed by atoms with van der Waals surface area (Å²) in [4.78, 5) is 4.19. The van der Waals surface area contributed by atoms with Crippen LogP contribution >= 0.6 is 11.6 Å². The molecule has 1 aromatic rings. The molecule has 1 fully saturated rings. The second-order valence-electron chi connectivity index (χ2n) is 3.30. The largest absolute Gasteiger partial charge is 0.376 e. The molecule has 1 aliphatic rings. The minimum absolute atomic E-state index is 0.202. The Hall–Kier alpha value is -0.650. The van der Waals surface area contributed by atoms with Gasteiger partial charge in [0.2, 0.25) is 0 Å². The van der Waals surface area contributed by atoms with E-state index in [-0.39, 0.29) is 11.5 Å². The monoisotopic (exact) mass is 232 g/mol. The Morgan fingerprint density at radius 2 is 2.40 bits per heavy atom. The maximum Gasteiger partial charge on any atom is 0.258 e. The molecule has 0 radical (unpaired) electrons. The van der Waals surface area contributed by atoms with Gasteiger partial charge in [0.25, 0.3) is 5.89 Å². The smallest absolute Gasteiger partial charge is 0.258 e. The molecule has 0 amide bonds. The minimum atomic E-state index is -0.249. The highest BCUT2D eigenvalue weighted by atomic mass is 35.5. The number of ether oxygens (including phenoxy) is 2. The predicted octanol–water partition coefficient (Wildman–Crippen LogP) is 1.85. The summed E-state index contributed by atoms with van der Waals surface area (Å²) < 4.78 is 15.7. The molecule has 1 aliphatic heterocycles. The summed E-state index contributed by atoms with van der Waals surface area (Å²) in [6, 6.07) is 0. The lowest BCUT2D eigenvalue weighted by molar-refractivity contribution is -0.101. The quantitative estimate of drug-likeness (QED) is 0.745. The van der Waals surface area contributed by atoms with E-state index >= 15 is 0 Å². The Labute approximate surface area is 92.7 Å². The number of hydrogen-bond acceptors (Lipinski definition) is 5. The standard InChI is InChI=1S/C9H13ClN2O3/c1-2-6(10)8-11-9(15-12-8)7-5-13-3-4-14-7/h6-7H,2-5H2,1H3. The van der Waals surface area contributed by atoms with Gasteiger partial charge >= 0.3 is 0 Å². The van der Waals surface area contributed by atoms with Gasteiger partial charge in [-0.2, -0.15) is 4.98 Å². The van der Waals surface area contributed by atoms with Crippen molar-refractivity contribution in [1.82, 2.24) is 10.1 Å². The summed E-state index contributed by atoms with van der Waals surface area (Å²) in [6.07, 6.45) is 0.517. The Morgan fingerprint density at radius 3 is 3.07 bits per heavy atom. The third-order valence-corrected chi connectivity index (χ3v) is 2.69. The van der Waals surface area contributed by atoms with Crippen LogP contribution < -0.4 is 0 Å². The fraction of sp³-hybridized carbons (Fsp3) is 0.778. The molecule has 0 N–H and O–H groups in total. The van der Waals surface area contributed by atoms with Crippen LogP contribution in [0.3, 0.4) is 0 Å². The van der Waals surface area contributed by atoms with Gasteiger partial charge in [0.05, 0.1) is 25.2 Å². The van der Waals surface area contributed by atoms with Crippen molar-refractivity contribution in [3.8, 4) is 0 Å². The molecule has 2 heterocycles. The van der Waals surface area contributed by atoms with Gasteiger partial charge in [-0.1, -0.05) is 12.1 Å². The van der Waals surface area contributed by atoms with Crippen LogP contribution in [0.1, 0.15) is 36.5 Å². The molecule has 5 nitrogen and oxygen atoms in total. The van der Waals surface area contributed by atoms with Crippen LogP contribution in [-0.2, 0) is 9.47 Å². The second kappa shape index (κ2) is 4.92. The van der Waals surface area contributed by atoms with Gasteiger partial charge in [-0.05, 0) is 6.42 Å². The van der Waals surface area contributed by atoms with E-state index in [2.05, 4.69) is 10.1 Å². The van der Waals surface area contributed by atoms with Crippen molar-refractivity contribution in [2.75, 3.05) is 19.8 Å². The van der Waals surface area contributed by atoms with Crippen LogP contribution in [0, 0.1) is 0 Å². The fourth-order valence-corrected chi connectivity index (χ4v) is 1.41. The highest BCUT2D eigenvalue weighted by molar-refractivity contribution is 6.20. The second-order valence-corrected chi connectivity index (χ2v) is 3.83. The molecule has 2 unspecified atom stereocenters. The molecule has 2 atom stereocenters. The number of halogens is 1. The molecule has 0 aromatic carbocycles. The molecular formula is C9H13ClN2O3. The first-order valence-corrected chi connectivity index (χ1v) is 5.41. The maximum atomic E-state index is 5.99. The molecule has 0 spiro atoms. The zero-order valence-electron chi connectivity index (χ0n) is 8.48. The number of rotatable bonds is 3. The van der Waals surface area contributed by atoms with Gasteiger partial charge in [0, 0.05) is 0 Å². The van der Waals surface area contributed by atoms with E-state index in [9.17, 15) is 0 Å². The van der Waals surface area contributed by atoms with E-state index in [4.69, 9.17) is 25.6 Å². The Kier molecular flexibility index (Phi) is 3.56. The lowest BCUT2D eigenvalue weighted by Crippen LogP contribution is -2.22. The highest BCUT2D eigenvalue weighted by Gasteiger charge is 2.24. The number of alkyl halides is 1. The molecule has 0 saturated carbocycles. The van der Waals surface area contributed by atoms with Crippen LogP contribution in [0.15, 0.2) is 4.52 Å². The average molecular weight is 233 g/mol. The summed E-state index contributed by atoms with van der Waals surface area (Å²) in [5.74, 6) is 0.965. The Bertz CT molecular complexity index is 312. The summed E-state index contributed by atoms with van der Waals surface area (Å²) in [5, 5.41) is 3.61. The van der Waals surface area contributed by atoms with Crippen molar-refractivity contribution in [2.24, 2.45) is 0 Å². The van der Waals surface area contributed by atoms with Crippen LogP contribution in [0.5, 0.6) is 0 Å².